The molecule has 0 fully saturated rings. The molecule has 0 saturated heterocycles. The fourth-order valence-electron chi connectivity index (χ4n) is 2.35. The van der Waals surface area contributed by atoms with Crippen LogP contribution in [0.3, 0.4) is 0 Å². The molecule has 1 aromatic heterocycles. The predicted molar refractivity (Wildman–Crippen MR) is 110 cm³/mol. The molecule has 1 N–H and O–H groups in total. The standard InChI is InChI=1S/C20H21N3OS2/c1-14(2)13-25-20-23-22-19(26-20)21-18(24)12-15-8-10-17(11-9-15)16-6-4-3-5-7-16/h3-11,14H,12-13H2,1-2H3,(H,21,22,24). The van der Waals surface area contributed by atoms with E-state index >= 15 is 0 Å². The zero-order valence-corrected chi connectivity index (χ0v) is 16.4. The van der Waals surface area contributed by atoms with E-state index in [1.165, 1.54) is 16.9 Å². The molecule has 1 amide bonds. The third-order valence-corrected chi connectivity index (χ3v) is 6.02. The van der Waals surface area contributed by atoms with E-state index in [0.717, 1.165) is 21.2 Å². The Labute approximate surface area is 162 Å². The quantitative estimate of drug-likeness (QED) is 0.454. The van der Waals surface area contributed by atoms with E-state index in [1.54, 1.807) is 11.8 Å². The van der Waals surface area contributed by atoms with Crippen molar-refractivity contribution in [2.24, 2.45) is 5.92 Å². The predicted octanol–water partition coefficient (Wildman–Crippen LogP) is 5.13. The van der Waals surface area contributed by atoms with E-state index in [1.807, 2.05) is 42.5 Å². The van der Waals surface area contributed by atoms with Gasteiger partial charge < -0.3 is 5.32 Å². The fraction of sp³-hybridized carbons (Fsp3) is 0.250. The number of benzene rings is 2. The first-order valence-electron chi connectivity index (χ1n) is 8.50. The SMILES string of the molecule is CC(C)CSc1nnc(NC(=O)Cc2ccc(-c3ccccc3)cc2)s1. The first kappa shape index (κ1) is 18.6. The highest BCUT2D eigenvalue weighted by Crippen LogP contribution is 2.27. The van der Waals surface area contributed by atoms with Crippen molar-refractivity contribution in [3.63, 3.8) is 0 Å². The molecule has 2 aromatic carbocycles. The first-order chi connectivity index (χ1) is 12.6. The summed E-state index contributed by atoms with van der Waals surface area (Å²) in [5.41, 5.74) is 3.29. The summed E-state index contributed by atoms with van der Waals surface area (Å²) in [6.07, 6.45) is 0.323. The van der Waals surface area contributed by atoms with Gasteiger partial charge in [-0.1, -0.05) is 91.5 Å². The zero-order valence-electron chi connectivity index (χ0n) is 14.8. The van der Waals surface area contributed by atoms with Crippen LogP contribution >= 0.6 is 23.1 Å². The number of hydrogen-bond acceptors (Lipinski definition) is 5. The molecule has 1 heterocycles. The van der Waals surface area contributed by atoms with Gasteiger partial charge in [0.1, 0.15) is 0 Å². The van der Waals surface area contributed by atoms with Crippen LogP contribution in [0.1, 0.15) is 19.4 Å². The second-order valence-corrected chi connectivity index (χ2v) is 8.61. The summed E-state index contributed by atoms with van der Waals surface area (Å²) < 4.78 is 0.890. The Morgan fingerprint density at radius 3 is 2.42 bits per heavy atom. The molecule has 26 heavy (non-hydrogen) atoms. The third-order valence-electron chi connectivity index (χ3n) is 3.62. The van der Waals surface area contributed by atoms with Crippen LogP contribution in [-0.2, 0) is 11.2 Å². The van der Waals surface area contributed by atoms with Crippen molar-refractivity contribution in [3.8, 4) is 11.1 Å². The normalized spacial score (nSPS) is 10.9. The Kier molecular flexibility index (Phi) is 6.41. The van der Waals surface area contributed by atoms with Crippen LogP contribution in [0, 0.1) is 5.92 Å². The van der Waals surface area contributed by atoms with Crippen molar-refractivity contribution in [1.82, 2.24) is 10.2 Å². The average molecular weight is 384 g/mol. The number of rotatable bonds is 7. The van der Waals surface area contributed by atoms with E-state index in [4.69, 9.17) is 0 Å². The molecule has 4 nitrogen and oxygen atoms in total. The minimum absolute atomic E-state index is 0.0750. The maximum Gasteiger partial charge on any atom is 0.230 e. The lowest BCUT2D eigenvalue weighted by molar-refractivity contribution is -0.115. The molecular formula is C20H21N3OS2. The maximum absolute atomic E-state index is 12.2. The van der Waals surface area contributed by atoms with Crippen molar-refractivity contribution >= 4 is 34.1 Å². The van der Waals surface area contributed by atoms with Crippen molar-refractivity contribution in [2.45, 2.75) is 24.6 Å². The lowest BCUT2D eigenvalue weighted by Crippen LogP contribution is -2.14. The molecule has 0 spiro atoms. The number of nitrogens with zero attached hydrogens (tertiary/aromatic N) is 2. The molecule has 0 aliphatic carbocycles. The number of thioether (sulfide) groups is 1. The summed E-state index contributed by atoms with van der Waals surface area (Å²) in [7, 11) is 0. The molecule has 0 aliphatic heterocycles. The molecule has 0 radical (unpaired) electrons. The molecule has 0 aliphatic rings. The van der Waals surface area contributed by atoms with Gasteiger partial charge in [-0.25, -0.2) is 0 Å². The van der Waals surface area contributed by atoms with Gasteiger partial charge in [0, 0.05) is 5.75 Å². The van der Waals surface area contributed by atoms with Gasteiger partial charge in [0.05, 0.1) is 6.42 Å². The van der Waals surface area contributed by atoms with Gasteiger partial charge in [0.2, 0.25) is 11.0 Å². The van der Waals surface area contributed by atoms with Crippen LogP contribution in [0.5, 0.6) is 0 Å². The Hall–Kier alpha value is -2.18. The number of aromatic nitrogens is 2. The molecule has 6 heteroatoms. The van der Waals surface area contributed by atoms with E-state index in [-0.39, 0.29) is 5.91 Å². The molecule has 3 aromatic rings. The minimum atomic E-state index is -0.0750. The molecule has 0 unspecified atom stereocenters. The van der Waals surface area contributed by atoms with Gasteiger partial charge in [0.25, 0.3) is 0 Å². The second kappa shape index (κ2) is 8.96. The highest BCUT2D eigenvalue weighted by molar-refractivity contribution is 8.01. The van der Waals surface area contributed by atoms with E-state index in [9.17, 15) is 4.79 Å². The van der Waals surface area contributed by atoms with E-state index < -0.39 is 0 Å². The second-order valence-electron chi connectivity index (χ2n) is 6.37. The van der Waals surface area contributed by atoms with Gasteiger partial charge in [-0.05, 0) is 22.6 Å². The summed E-state index contributed by atoms with van der Waals surface area (Å²) in [6.45, 7) is 4.33. The van der Waals surface area contributed by atoms with Crippen molar-refractivity contribution < 1.29 is 4.79 Å². The molecule has 134 valence electrons. The minimum Gasteiger partial charge on any atom is -0.300 e. The molecule has 0 bridgehead atoms. The number of carbonyl (C=O) groups excluding carboxylic acids is 1. The Morgan fingerprint density at radius 1 is 1.04 bits per heavy atom. The van der Waals surface area contributed by atoms with Gasteiger partial charge in [0.15, 0.2) is 4.34 Å². The van der Waals surface area contributed by atoms with Gasteiger partial charge in [-0.15, -0.1) is 10.2 Å². The number of hydrogen-bond donors (Lipinski definition) is 1. The summed E-state index contributed by atoms with van der Waals surface area (Å²) in [4.78, 5) is 12.2. The monoisotopic (exact) mass is 383 g/mol. The smallest absolute Gasteiger partial charge is 0.230 e. The summed E-state index contributed by atoms with van der Waals surface area (Å²) in [5, 5.41) is 11.6. The molecule has 0 saturated carbocycles. The zero-order chi connectivity index (χ0) is 18.4. The Balaban J connectivity index is 1.55. The Bertz CT molecular complexity index is 845. The highest BCUT2D eigenvalue weighted by Gasteiger charge is 2.10. The lowest BCUT2D eigenvalue weighted by atomic mass is 10.0. The number of nitrogens with one attached hydrogen (secondary N) is 1. The Morgan fingerprint density at radius 2 is 1.73 bits per heavy atom. The first-order valence-corrected chi connectivity index (χ1v) is 10.3. The van der Waals surface area contributed by atoms with E-state index in [0.29, 0.717) is 17.5 Å². The topological polar surface area (TPSA) is 54.9 Å². The van der Waals surface area contributed by atoms with Crippen molar-refractivity contribution in [1.29, 1.82) is 0 Å². The summed E-state index contributed by atoms with van der Waals surface area (Å²) in [6, 6.07) is 18.3. The summed E-state index contributed by atoms with van der Waals surface area (Å²) >= 11 is 3.10. The van der Waals surface area contributed by atoms with Gasteiger partial charge >= 0.3 is 0 Å². The fourth-order valence-corrected chi connectivity index (χ4v) is 4.10. The van der Waals surface area contributed by atoms with Crippen LogP contribution in [0.4, 0.5) is 5.13 Å². The maximum atomic E-state index is 12.2. The summed E-state index contributed by atoms with van der Waals surface area (Å²) in [5.74, 6) is 1.52. The number of anilines is 1. The van der Waals surface area contributed by atoms with Crippen molar-refractivity contribution in [3.05, 3.63) is 60.2 Å². The highest BCUT2D eigenvalue weighted by atomic mass is 32.2. The average Bonchev–Trinajstić information content (AvgIpc) is 3.08. The van der Waals surface area contributed by atoms with Crippen LogP contribution in [-0.4, -0.2) is 21.9 Å². The third kappa shape index (κ3) is 5.41. The molecule has 0 atom stereocenters. The number of amides is 1. The van der Waals surface area contributed by atoms with Crippen LogP contribution in [0.2, 0.25) is 0 Å². The van der Waals surface area contributed by atoms with Crippen LogP contribution in [0.15, 0.2) is 58.9 Å². The van der Waals surface area contributed by atoms with E-state index in [2.05, 4.69) is 41.5 Å². The molecular weight excluding hydrogens is 362 g/mol. The van der Waals surface area contributed by atoms with Crippen LogP contribution in [0.25, 0.3) is 11.1 Å². The van der Waals surface area contributed by atoms with Gasteiger partial charge in [-0.2, -0.15) is 0 Å². The van der Waals surface area contributed by atoms with Gasteiger partial charge in [-0.3, -0.25) is 4.79 Å². The largest absolute Gasteiger partial charge is 0.300 e. The number of carbonyl (C=O) groups is 1. The van der Waals surface area contributed by atoms with Crippen LogP contribution < -0.4 is 5.32 Å². The lowest BCUT2D eigenvalue weighted by Gasteiger charge is -2.04. The molecule has 3 rings (SSSR count). The van der Waals surface area contributed by atoms with Crippen molar-refractivity contribution in [2.75, 3.05) is 11.1 Å².